The summed E-state index contributed by atoms with van der Waals surface area (Å²) in [5.74, 6) is -1.08. The number of azide groups is 1. The van der Waals surface area contributed by atoms with Crippen LogP contribution in [0, 0.1) is 0 Å². The molecule has 4 atom stereocenters. The van der Waals surface area contributed by atoms with E-state index >= 15 is 0 Å². The Kier molecular flexibility index (Phi) is 5.72. The molecule has 0 rings (SSSR count). The van der Waals surface area contributed by atoms with E-state index in [1.807, 2.05) is 0 Å². The standard InChI is InChI=1S/C8H13N3O6/c1-4(14)8(17,3-13)7(16)6(10-11-9)5(15)2-12/h3,5-7,12,15-17H,2H2,1H3/t5-,6+,7+,8-/m1/s1. The molecule has 9 heteroatoms. The lowest BCUT2D eigenvalue weighted by Gasteiger charge is -2.30. The van der Waals surface area contributed by atoms with E-state index in [2.05, 4.69) is 10.0 Å². The molecule has 0 bridgehead atoms. The number of carbonyl (C=O) groups is 2. The van der Waals surface area contributed by atoms with Gasteiger partial charge in [-0.05, 0) is 12.5 Å². The molecule has 17 heavy (non-hydrogen) atoms. The van der Waals surface area contributed by atoms with Crippen molar-refractivity contribution in [3.63, 3.8) is 0 Å². The molecule has 9 nitrogen and oxygen atoms in total. The minimum absolute atomic E-state index is 0.218. The van der Waals surface area contributed by atoms with Crippen LogP contribution in [-0.4, -0.2) is 63.0 Å². The number of nitrogens with zero attached hydrogens (tertiary/aromatic N) is 3. The molecule has 0 saturated carbocycles. The van der Waals surface area contributed by atoms with Crippen molar-refractivity contribution in [2.45, 2.75) is 30.8 Å². The zero-order valence-electron chi connectivity index (χ0n) is 8.96. The van der Waals surface area contributed by atoms with Crippen LogP contribution < -0.4 is 0 Å². The van der Waals surface area contributed by atoms with Crippen molar-refractivity contribution in [3.8, 4) is 0 Å². The number of aliphatic hydroxyl groups excluding tert-OH is 3. The summed E-state index contributed by atoms with van der Waals surface area (Å²) in [5.41, 5.74) is 5.41. The summed E-state index contributed by atoms with van der Waals surface area (Å²) >= 11 is 0. The Hall–Kier alpha value is -1.51. The number of hydrogen-bond acceptors (Lipinski definition) is 7. The van der Waals surface area contributed by atoms with Crippen molar-refractivity contribution in [2.75, 3.05) is 6.61 Å². The van der Waals surface area contributed by atoms with Gasteiger partial charge in [0.15, 0.2) is 12.1 Å². The summed E-state index contributed by atoms with van der Waals surface area (Å²) in [5, 5.41) is 40.0. The summed E-state index contributed by atoms with van der Waals surface area (Å²) in [6, 6.07) is -1.73. The third-order valence-corrected chi connectivity index (χ3v) is 2.28. The predicted molar refractivity (Wildman–Crippen MR) is 53.7 cm³/mol. The third-order valence-electron chi connectivity index (χ3n) is 2.28. The molecule has 4 N–H and O–H groups in total. The zero-order chi connectivity index (χ0) is 13.6. The van der Waals surface area contributed by atoms with Gasteiger partial charge in [0, 0.05) is 4.91 Å². The second-order valence-electron chi connectivity index (χ2n) is 3.39. The van der Waals surface area contributed by atoms with E-state index in [1.165, 1.54) is 0 Å². The van der Waals surface area contributed by atoms with Crippen LogP contribution in [0.1, 0.15) is 6.92 Å². The molecule has 0 aliphatic rings. The van der Waals surface area contributed by atoms with Gasteiger partial charge in [0.2, 0.25) is 5.60 Å². The van der Waals surface area contributed by atoms with Gasteiger partial charge in [-0.25, -0.2) is 0 Å². The first kappa shape index (κ1) is 15.5. The van der Waals surface area contributed by atoms with Crippen LogP contribution in [0.5, 0.6) is 0 Å². The highest BCUT2D eigenvalue weighted by Crippen LogP contribution is 2.18. The van der Waals surface area contributed by atoms with Crippen LogP contribution in [0.3, 0.4) is 0 Å². The van der Waals surface area contributed by atoms with Gasteiger partial charge >= 0.3 is 0 Å². The van der Waals surface area contributed by atoms with E-state index in [9.17, 15) is 24.9 Å². The minimum Gasteiger partial charge on any atom is -0.394 e. The Bertz CT molecular complexity index is 342. The van der Waals surface area contributed by atoms with Crippen LogP contribution >= 0.6 is 0 Å². The van der Waals surface area contributed by atoms with Gasteiger partial charge < -0.3 is 20.4 Å². The Morgan fingerprint density at radius 2 is 2.12 bits per heavy atom. The SMILES string of the molecule is CC(=O)[C@](O)(C=O)[C@@H](O)[C@@H](N=[N+]=[N-])[C@H](O)CO. The summed E-state index contributed by atoms with van der Waals surface area (Å²) in [6.45, 7) is -0.0380. The van der Waals surface area contributed by atoms with Gasteiger partial charge in [-0.1, -0.05) is 5.11 Å². The fourth-order valence-electron chi connectivity index (χ4n) is 1.14. The maximum Gasteiger partial charge on any atom is 0.204 e. The molecular formula is C8H13N3O6. The molecule has 0 amide bonds. The summed E-state index contributed by atoms with van der Waals surface area (Å²) in [4.78, 5) is 23.9. The molecule has 0 heterocycles. The highest BCUT2D eigenvalue weighted by atomic mass is 16.4. The van der Waals surface area contributed by atoms with Crippen LogP contribution in [0.4, 0.5) is 0 Å². The summed E-state index contributed by atoms with van der Waals surface area (Å²) < 4.78 is 0. The fourth-order valence-corrected chi connectivity index (χ4v) is 1.14. The first-order valence-corrected chi connectivity index (χ1v) is 4.56. The molecular weight excluding hydrogens is 234 g/mol. The van der Waals surface area contributed by atoms with Crippen molar-refractivity contribution in [1.82, 2.24) is 0 Å². The van der Waals surface area contributed by atoms with Gasteiger partial charge in [0.05, 0.1) is 18.8 Å². The number of ketones is 1. The topological polar surface area (TPSA) is 164 Å². The van der Waals surface area contributed by atoms with E-state index in [0.29, 0.717) is 0 Å². The quantitative estimate of drug-likeness (QED) is 0.132. The highest BCUT2D eigenvalue weighted by molar-refractivity contribution is 6.00. The monoisotopic (exact) mass is 247 g/mol. The Labute approximate surface area is 95.9 Å². The van der Waals surface area contributed by atoms with E-state index in [-0.39, 0.29) is 6.29 Å². The molecule has 0 saturated heterocycles. The average Bonchev–Trinajstić information content (AvgIpc) is 2.32. The maximum absolute atomic E-state index is 11.0. The summed E-state index contributed by atoms with van der Waals surface area (Å²) in [6.07, 6.45) is -4.09. The fraction of sp³-hybridized carbons (Fsp3) is 0.750. The molecule has 0 aromatic carbocycles. The molecule has 0 unspecified atom stereocenters. The molecule has 0 radical (unpaired) electrons. The number of rotatable bonds is 7. The summed E-state index contributed by atoms with van der Waals surface area (Å²) in [7, 11) is 0. The average molecular weight is 247 g/mol. The minimum atomic E-state index is -2.80. The molecule has 0 aliphatic heterocycles. The zero-order valence-corrected chi connectivity index (χ0v) is 8.96. The lowest BCUT2D eigenvalue weighted by atomic mass is 9.87. The van der Waals surface area contributed by atoms with Gasteiger partial charge in [0.25, 0.3) is 0 Å². The third kappa shape index (κ3) is 3.22. The Balaban J connectivity index is 5.32. The van der Waals surface area contributed by atoms with Gasteiger partial charge in [-0.15, -0.1) is 0 Å². The maximum atomic E-state index is 11.0. The van der Waals surface area contributed by atoms with Crippen LogP contribution in [0.15, 0.2) is 5.11 Å². The van der Waals surface area contributed by atoms with E-state index < -0.39 is 36.2 Å². The highest BCUT2D eigenvalue weighted by Gasteiger charge is 2.46. The molecule has 0 aliphatic carbocycles. The van der Waals surface area contributed by atoms with Crippen LogP contribution in [0.2, 0.25) is 0 Å². The number of carbonyl (C=O) groups excluding carboxylic acids is 2. The smallest absolute Gasteiger partial charge is 0.204 e. The normalized spacial score (nSPS) is 19.4. The molecule has 0 spiro atoms. The van der Waals surface area contributed by atoms with E-state index in [0.717, 1.165) is 6.92 Å². The van der Waals surface area contributed by atoms with E-state index in [1.54, 1.807) is 0 Å². The van der Waals surface area contributed by atoms with E-state index in [4.69, 9.17) is 10.6 Å². The van der Waals surface area contributed by atoms with Gasteiger partial charge in [-0.3, -0.25) is 9.59 Å². The first-order chi connectivity index (χ1) is 7.84. The number of Topliss-reactive ketones (excluding diaryl/α,β-unsaturated/α-hetero) is 1. The van der Waals surface area contributed by atoms with Crippen LogP contribution in [-0.2, 0) is 9.59 Å². The van der Waals surface area contributed by atoms with Crippen molar-refractivity contribution in [2.24, 2.45) is 5.11 Å². The molecule has 96 valence electrons. The second kappa shape index (κ2) is 6.28. The van der Waals surface area contributed by atoms with Crippen molar-refractivity contribution in [1.29, 1.82) is 0 Å². The lowest BCUT2D eigenvalue weighted by molar-refractivity contribution is -0.158. The number of hydrogen-bond donors (Lipinski definition) is 4. The number of aldehydes is 1. The Morgan fingerprint density at radius 1 is 1.59 bits per heavy atom. The first-order valence-electron chi connectivity index (χ1n) is 4.56. The largest absolute Gasteiger partial charge is 0.394 e. The van der Waals surface area contributed by atoms with Crippen molar-refractivity contribution >= 4 is 12.1 Å². The second-order valence-corrected chi connectivity index (χ2v) is 3.39. The lowest BCUT2D eigenvalue weighted by Crippen LogP contribution is -2.57. The van der Waals surface area contributed by atoms with Crippen molar-refractivity contribution in [3.05, 3.63) is 10.4 Å². The molecule has 0 aromatic heterocycles. The molecule has 0 fully saturated rings. The predicted octanol–water partition coefficient (Wildman–Crippen LogP) is -2.10. The van der Waals surface area contributed by atoms with Gasteiger partial charge in [0.1, 0.15) is 6.10 Å². The molecule has 0 aromatic rings. The Morgan fingerprint density at radius 3 is 2.41 bits per heavy atom. The number of aliphatic hydroxyl groups is 4. The van der Waals surface area contributed by atoms with Gasteiger partial charge in [-0.2, -0.15) is 0 Å². The van der Waals surface area contributed by atoms with Crippen LogP contribution in [0.25, 0.3) is 10.4 Å². The van der Waals surface area contributed by atoms with Crippen molar-refractivity contribution < 1.29 is 30.0 Å².